The molecule has 0 aliphatic rings. The first kappa shape index (κ1) is 14.2. The summed E-state index contributed by atoms with van der Waals surface area (Å²) >= 11 is 3.30. The van der Waals surface area contributed by atoms with Crippen LogP contribution in [0.3, 0.4) is 0 Å². The molecule has 0 bridgehead atoms. The van der Waals surface area contributed by atoms with Crippen LogP contribution in [0.4, 0.5) is 4.39 Å². The van der Waals surface area contributed by atoms with E-state index in [1.807, 2.05) is 36.4 Å². The highest BCUT2D eigenvalue weighted by Crippen LogP contribution is 2.30. The minimum Gasteiger partial charge on any atom is -0.321 e. The minimum atomic E-state index is -0.475. The Hall–Kier alpha value is -1.19. The molecule has 1 nitrogen and oxygen atoms in total. The Morgan fingerprint density at radius 3 is 2.42 bits per heavy atom. The molecule has 0 aliphatic carbocycles. The molecular formula is C16H17BrFN. The van der Waals surface area contributed by atoms with Crippen LogP contribution in [0.1, 0.15) is 24.5 Å². The van der Waals surface area contributed by atoms with Gasteiger partial charge in [-0.25, -0.2) is 4.39 Å². The quantitative estimate of drug-likeness (QED) is 0.887. The summed E-state index contributed by atoms with van der Waals surface area (Å²) in [6, 6.07) is 15.1. The van der Waals surface area contributed by atoms with Gasteiger partial charge >= 0.3 is 0 Å². The van der Waals surface area contributed by atoms with E-state index < -0.39 is 5.54 Å². The molecule has 0 heterocycles. The summed E-state index contributed by atoms with van der Waals surface area (Å²) in [5, 5.41) is 0. The van der Waals surface area contributed by atoms with Crippen LogP contribution in [0.5, 0.6) is 0 Å². The molecule has 0 aromatic heterocycles. The highest BCUT2D eigenvalue weighted by molar-refractivity contribution is 9.10. The van der Waals surface area contributed by atoms with Crippen molar-refractivity contribution in [2.24, 2.45) is 5.73 Å². The van der Waals surface area contributed by atoms with E-state index in [1.165, 1.54) is 6.07 Å². The van der Waals surface area contributed by atoms with Gasteiger partial charge in [-0.2, -0.15) is 0 Å². The third-order valence-electron chi connectivity index (χ3n) is 3.52. The molecule has 0 aliphatic heterocycles. The molecule has 2 rings (SSSR count). The first-order valence-electron chi connectivity index (χ1n) is 6.34. The summed E-state index contributed by atoms with van der Waals surface area (Å²) in [5.74, 6) is -0.246. The third kappa shape index (κ3) is 3.04. The van der Waals surface area contributed by atoms with E-state index in [4.69, 9.17) is 5.73 Å². The van der Waals surface area contributed by atoms with Crippen molar-refractivity contribution in [3.8, 4) is 0 Å². The van der Waals surface area contributed by atoms with E-state index in [1.54, 1.807) is 6.07 Å². The summed E-state index contributed by atoms with van der Waals surface area (Å²) in [5.41, 5.74) is 8.03. The molecular weight excluding hydrogens is 305 g/mol. The Balaban J connectivity index is 2.36. The molecule has 1 unspecified atom stereocenters. The predicted molar refractivity (Wildman–Crippen MR) is 80.4 cm³/mol. The minimum absolute atomic E-state index is 0.246. The van der Waals surface area contributed by atoms with Crippen molar-refractivity contribution in [3.05, 3.63) is 69.9 Å². The zero-order valence-corrected chi connectivity index (χ0v) is 12.5. The summed E-state index contributed by atoms with van der Waals surface area (Å²) < 4.78 is 14.1. The summed E-state index contributed by atoms with van der Waals surface area (Å²) in [7, 11) is 0. The van der Waals surface area contributed by atoms with Gasteiger partial charge in [0, 0.05) is 5.54 Å². The Morgan fingerprint density at radius 2 is 1.79 bits per heavy atom. The van der Waals surface area contributed by atoms with E-state index in [9.17, 15) is 4.39 Å². The Labute approximate surface area is 121 Å². The molecule has 1 atom stereocenters. The lowest BCUT2D eigenvalue weighted by Crippen LogP contribution is -2.38. The van der Waals surface area contributed by atoms with Gasteiger partial charge < -0.3 is 5.73 Å². The smallest absolute Gasteiger partial charge is 0.137 e. The SMILES string of the molecule is CCC(N)(Cc1cccc(F)c1Br)c1ccccc1. The van der Waals surface area contributed by atoms with Gasteiger partial charge in [0.2, 0.25) is 0 Å². The van der Waals surface area contributed by atoms with Gasteiger partial charge in [0.1, 0.15) is 5.82 Å². The van der Waals surface area contributed by atoms with Crippen molar-refractivity contribution in [2.45, 2.75) is 25.3 Å². The zero-order valence-electron chi connectivity index (χ0n) is 10.9. The van der Waals surface area contributed by atoms with Crippen molar-refractivity contribution >= 4 is 15.9 Å². The van der Waals surface area contributed by atoms with E-state index >= 15 is 0 Å². The zero-order chi connectivity index (χ0) is 13.9. The van der Waals surface area contributed by atoms with E-state index in [0.717, 1.165) is 17.5 Å². The summed E-state index contributed by atoms with van der Waals surface area (Å²) in [4.78, 5) is 0. The third-order valence-corrected chi connectivity index (χ3v) is 4.41. The Kier molecular flexibility index (Phi) is 4.38. The highest BCUT2D eigenvalue weighted by atomic mass is 79.9. The number of halogens is 2. The van der Waals surface area contributed by atoms with E-state index in [2.05, 4.69) is 22.9 Å². The molecule has 0 amide bonds. The second-order valence-corrected chi connectivity index (χ2v) is 5.56. The lowest BCUT2D eigenvalue weighted by molar-refractivity contribution is 0.423. The maximum atomic E-state index is 13.6. The molecule has 0 fully saturated rings. The van der Waals surface area contributed by atoms with Crippen LogP contribution < -0.4 is 5.73 Å². The molecule has 0 radical (unpaired) electrons. The lowest BCUT2D eigenvalue weighted by atomic mass is 9.82. The van der Waals surface area contributed by atoms with Crippen LogP contribution in [-0.2, 0) is 12.0 Å². The summed E-state index contributed by atoms with van der Waals surface area (Å²) in [6.07, 6.45) is 1.39. The summed E-state index contributed by atoms with van der Waals surface area (Å²) in [6.45, 7) is 2.06. The fourth-order valence-corrected chi connectivity index (χ4v) is 2.63. The van der Waals surface area contributed by atoms with E-state index in [-0.39, 0.29) is 5.82 Å². The first-order chi connectivity index (χ1) is 9.07. The van der Waals surface area contributed by atoms with Gasteiger partial charge in [-0.3, -0.25) is 0 Å². The van der Waals surface area contributed by atoms with E-state index in [0.29, 0.717) is 10.9 Å². The van der Waals surface area contributed by atoms with Crippen LogP contribution in [0, 0.1) is 5.82 Å². The fourth-order valence-electron chi connectivity index (χ4n) is 2.23. The molecule has 0 saturated heterocycles. The van der Waals surface area contributed by atoms with Crippen molar-refractivity contribution < 1.29 is 4.39 Å². The number of benzene rings is 2. The van der Waals surface area contributed by atoms with Gasteiger partial charge in [0.15, 0.2) is 0 Å². The van der Waals surface area contributed by atoms with Gasteiger partial charge in [0.25, 0.3) is 0 Å². The second-order valence-electron chi connectivity index (χ2n) is 4.77. The number of nitrogens with two attached hydrogens (primary N) is 1. The molecule has 3 heteroatoms. The average Bonchev–Trinajstić information content (AvgIpc) is 2.45. The fraction of sp³-hybridized carbons (Fsp3) is 0.250. The lowest BCUT2D eigenvalue weighted by Gasteiger charge is -2.29. The van der Waals surface area contributed by atoms with Gasteiger partial charge in [0.05, 0.1) is 4.47 Å². The van der Waals surface area contributed by atoms with Gasteiger partial charge in [-0.1, -0.05) is 49.4 Å². The van der Waals surface area contributed by atoms with Crippen molar-refractivity contribution in [2.75, 3.05) is 0 Å². The molecule has 2 N–H and O–H groups in total. The molecule has 19 heavy (non-hydrogen) atoms. The van der Waals surface area contributed by atoms with Crippen molar-refractivity contribution in [3.63, 3.8) is 0 Å². The van der Waals surface area contributed by atoms with Crippen LogP contribution >= 0.6 is 15.9 Å². The number of hydrogen-bond acceptors (Lipinski definition) is 1. The van der Waals surface area contributed by atoms with Crippen LogP contribution in [0.15, 0.2) is 53.0 Å². The highest BCUT2D eigenvalue weighted by Gasteiger charge is 2.26. The molecule has 100 valence electrons. The van der Waals surface area contributed by atoms with Crippen molar-refractivity contribution in [1.82, 2.24) is 0 Å². The largest absolute Gasteiger partial charge is 0.321 e. The Bertz CT molecular complexity index is 556. The maximum Gasteiger partial charge on any atom is 0.137 e. The predicted octanol–water partition coefficient (Wildman–Crippen LogP) is 4.39. The normalized spacial score (nSPS) is 14.1. The molecule has 2 aromatic rings. The Morgan fingerprint density at radius 1 is 1.11 bits per heavy atom. The number of hydrogen-bond donors (Lipinski definition) is 1. The van der Waals surface area contributed by atoms with Crippen molar-refractivity contribution in [1.29, 1.82) is 0 Å². The van der Waals surface area contributed by atoms with Crippen LogP contribution in [0.25, 0.3) is 0 Å². The monoisotopic (exact) mass is 321 g/mol. The van der Waals surface area contributed by atoms with Crippen LogP contribution in [-0.4, -0.2) is 0 Å². The first-order valence-corrected chi connectivity index (χ1v) is 7.13. The van der Waals surface area contributed by atoms with Crippen LogP contribution in [0.2, 0.25) is 0 Å². The van der Waals surface area contributed by atoms with Gasteiger partial charge in [-0.05, 0) is 46.0 Å². The molecule has 0 saturated carbocycles. The maximum absolute atomic E-state index is 13.6. The topological polar surface area (TPSA) is 26.0 Å². The second kappa shape index (κ2) is 5.85. The van der Waals surface area contributed by atoms with Gasteiger partial charge in [-0.15, -0.1) is 0 Å². The molecule has 2 aromatic carbocycles. The molecule has 0 spiro atoms. The standard InChI is InChI=1S/C16H17BrFN/c1-2-16(19,13-8-4-3-5-9-13)11-12-7-6-10-14(18)15(12)17/h3-10H,2,11,19H2,1H3. The average molecular weight is 322 g/mol. The number of rotatable bonds is 4.